The van der Waals surface area contributed by atoms with Crippen molar-refractivity contribution in [1.82, 2.24) is 0 Å². The number of carbonyl (C=O) groups is 1. The summed E-state index contributed by atoms with van der Waals surface area (Å²) in [5.74, 6) is 0.889. The van der Waals surface area contributed by atoms with Gasteiger partial charge in [0.25, 0.3) is 0 Å². The lowest BCUT2D eigenvalue weighted by Gasteiger charge is -2.24. The fourth-order valence-electron chi connectivity index (χ4n) is 3.59. The quantitative estimate of drug-likeness (QED) is 0.548. The molecule has 162 valence electrons. The summed E-state index contributed by atoms with van der Waals surface area (Å²) in [4.78, 5) is 13.6. The highest BCUT2D eigenvalue weighted by atomic mass is 32.2. The van der Waals surface area contributed by atoms with Crippen LogP contribution in [0.15, 0.2) is 63.7 Å². The van der Waals surface area contributed by atoms with Crippen LogP contribution < -0.4 is 14.8 Å². The summed E-state index contributed by atoms with van der Waals surface area (Å²) in [5, 5.41) is 4.40. The molecule has 0 unspecified atom stereocenters. The minimum absolute atomic E-state index is 0.120. The van der Waals surface area contributed by atoms with Gasteiger partial charge in [0.2, 0.25) is 15.7 Å². The maximum absolute atomic E-state index is 13.3. The lowest BCUT2D eigenvalue weighted by molar-refractivity contribution is -0.116. The molecule has 0 saturated heterocycles. The van der Waals surface area contributed by atoms with E-state index in [1.165, 1.54) is 30.6 Å². The van der Waals surface area contributed by atoms with Gasteiger partial charge < -0.3 is 14.8 Å². The molecule has 0 bridgehead atoms. The molecule has 3 aromatic rings. The lowest BCUT2D eigenvalue weighted by atomic mass is 9.90. The number of methoxy groups -OCH3 is 1. The second-order valence-corrected chi connectivity index (χ2v) is 10.1. The van der Waals surface area contributed by atoms with E-state index in [-0.39, 0.29) is 28.0 Å². The Morgan fingerprint density at radius 1 is 1.13 bits per heavy atom. The fraction of sp³-hybridized carbons (Fsp3) is 0.261. The number of thiophene rings is 1. The van der Waals surface area contributed by atoms with Gasteiger partial charge in [-0.15, -0.1) is 11.3 Å². The first-order chi connectivity index (χ1) is 14.9. The molecule has 0 fully saturated rings. The third kappa shape index (κ3) is 4.18. The first-order valence-corrected chi connectivity index (χ1v) is 12.3. The Labute approximate surface area is 185 Å². The van der Waals surface area contributed by atoms with Gasteiger partial charge in [-0.1, -0.05) is 19.1 Å². The Kier molecular flexibility index (Phi) is 6.02. The first-order valence-electron chi connectivity index (χ1n) is 9.97. The van der Waals surface area contributed by atoms with Crippen molar-refractivity contribution in [1.29, 1.82) is 0 Å². The summed E-state index contributed by atoms with van der Waals surface area (Å²) in [5.41, 5.74) is 1.31. The number of sulfone groups is 1. The third-order valence-electron chi connectivity index (χ3n) is 5.15. The van der Waals surface area contributed by atoms with E-state index in [2.05, 4.69) is 5.32 Å². The summed E-state index contributed by atoms with van der Waals surface area (Å²) in [7, 11) is -2.27. The van der Waals surface area contributed by atoms with Crippen molar-refractivity contribution in [2.24, 2.45) is 0 Å². The van der Waals surface area contributed by atoms with Gasteiger partial charge in [-0.05, 0) is 48.4 Å². The molecule has 1 aliphatic heterocycles. The molecule has 2 heterocycles. The van der Waals surface area contributed by atoms with Crippen LogP contribution >= 0.6 is 11.3 Å². The number of benzene rings is 2. The number of rotatable bonds is 7. The number of hydrogen-bond acceptors (Lipinski definition) is 6. The van der Waals surface area contributed by atoms with Crippen LogP contribution in [0.4, 0.5) is 5.69 Å². The van der Waals surface area contributed by atoms with Gasteiger partial charge in [0.1, 0.15) is 16.4 Å². The van der Waals surface area contributed by atoms with Crippen molar-refractivity contribution in [3.05, 3.63) is 64.4 Å². The van der Waals surface area contributed by atoms with Gasteiger partial charge in [0, 0.05) is 22.6 Å². The number of fused-ring (bicyclic) bond motifs is 1. The Balaban J connectivity index is 1.73. The van der Waals surface area contributed by atoms with Crippen molar-refractivity contribution in [3.8, 4) is 11.5 Å². The minimum Gasteiger partial charge on any atom is -0.497 e. The summed E-state index contributed by atoms with van der Waals surface area (Å²) >= 11 is 1.35. The van der Waals surface area contributed by atoms with Crippen LogP contribution in [-0.2, 0) is 14.6 Å². The molecule has 0 aliphatic carbocycles. The summed E-state index contributed by atoms with van der Waals surface area (Å²) < 4.78 is 37.4. The first kappa shape index (κ1) is 21.4. The molecular formula is C23H23NO5S2. The molecule has 2 aromatic carbocycles. The molecule has 8 heteroatoms. The summed E-state index contributed by atoms with van der Waals surface area (Å²) in [6, 6.07) is 13.9. The second-order valence-electron chi connectivity index (χ2n) is 7.24. The Hall–Kier alpha value is -2.84. The van der Waals surface area contributed by atoms with E-state index in [1.807, 2.05) is 31.2 Å². The van der Waals surface area contributed by atoms with Crippen LogP contribution in [0.3, 0.4) is 0 Å². The molecule has 1 N–H and O–H groups in total. The molecular weight excluding hydrogens is 434 g/mol. The minimum atomic E-state index is -3.80. The number of nitrogens with one attached hydrogen (secondary N) is 1. The molecule has 0 radical (unpaired) electrons. The van der Waals surface area contributed by atoms with Crippen molar-refractivity contribution in [2.75, 3.05) is 19.0 Å². The van der Waals surface area contributed by atoms with Gasteiger partial charge in [0.05, 0.1) is 24.3 Å². The topological polar surface area (TPSA) is 81.7 Å². The van der Waals surface area contributed by atoms with Crippen LogP contribution in [0.25, 0.3) is 0 Å². The molecule has 0 spiro atoms. The molecule has 1 aliphatic rings. The SMILES string of the molecule is CCCOc1cccc([C@H]2CC(=O)Nc3c(S(=O)(=O)c4ccc(OC)cc4)csc32)c1. The van der Waals surface area contributed by atoms with Crippen molar-refractivity contribution < 1.29 is 22.7 Å². The van der Waals surface area contributed by atoms with E-state index in [0.29, 0.717) is 18.0 Å². The van der Waals surface area contributed by atoms with E-state index in [9.17, 15) is 13.2 Å². The van der Waals surface area contributed by atoms with Crippen LogP contribution in [0, 0.1) is 0 Å². The average molecular weight is 458 g/mol. The summed E-state index contributed by atoms with van der Waals surface area (Å²) in [6.07, 6.45) is 1.16. The average Bonchev–Trinajstić information content (AvgIpc) is 3.22. The van der Waals surface area contributed by atoms with Crippen LogP contribution in [-0.4, -0.2) is 28.0 Å². The Bertz CT molecular complexity index is 1200. The lowest BCUT2D eigenvalue weighted by Crippen LogP contribution is -2.23. The standard InChI is InChI=1S/C23H23NO5S2/c1-3-11-29-17-6-4-5-15(12-17)19-13-21(25)24-22-20(14-30-23(19)22)31(26,27)18-9-7-16(28-2)8-10-18/h4-10,12,14,19H,3,11,13H2,1-2H3,(H,24,25)/t19-/m1/s1. The van der Waals surface area contributed by atoms with Crippen molar-refractivity contribution >= 4 is 32.8 Å². The normalized spacial score (nSPS) is 15.8. The van der Waals surface area contributed by atoms with Gasteiger partial charge >= 0.3 is 0 Å². The van der Waals surface area contributed by atoms with E-state index in [1.54, 1.807) is 17.5 Å². The Morgan fingerprint density at radius 3 is 2.61 bits per heavy atom. The zero-order chi connectivity index (χ0) is 22.0. The highest BCUT2D eigenvalue weighted by molar-refractivity contribution is 7.91. The Morgan fingerprint density at radius 2 is 1.90 bits per heavy atom. The fourth-order valence-corrected chi connectivity index (χ4v) is 6.50. The van der Waals surface area contributed by atoms with Crippen molar-refractivity contribution in [3.63, 3.8) is 0 Å². The second kappa shape index (κ2) is 8.72. The number of carbonyl (C=O) groups excluding carboxylic acids is 1. The third-order valence-corrected chi connectivity index (χ3v) is 8.19. The highest BCUT2D eigenvalue weighted by Crippen LogP contribution is 2.46. The number of ether oxygens (including phenoxy) is 2. The molecule has 1 atom stereocenters. The predicted molar refractivity (Wildman–Crippen MR) is 120 cm³/mol. The molecule has 1 aromatic heterocycles. The van der Waals surface area contributed by atoms with Gasteiger partial charge in [-0.2, -0.15) is 0 Å². The maximum atomic E-state index is 13.3. The zero-order valence-electron chi connectivity index (χ0n) is 17.3. The highest BCUT2D eigenvalue weighted by Gasteiger charge is 2.34. The molecule has 31 heavy (non-hydrogen) atoms. The number of anilines is 1. The predicted octanol–water partition coefficient (Wildman–Crippen LogP) is 4.85. The monoisotopic (exact) mass is 457 g/mol. The molecule has 6 nitrogen and oxygen atoms in total. The zero-order valence-corrected chi connectivity index (χ0v) is 18.9. The van der Waals surface area contributed by atoms with E-state index < -0.39 is 9.84 Å². The smallest absolute Gasteiger partial charge is 0.225 e. The van der Waals surface area contributed by atoms with Crippen molar-refractivity contribution in [2.45, 2.75) is 35.5 Å². The summed E-state index contributed by atoms with van der Waals surface area (Å²) in [6.45, 7) is 2.65. The van der Waals surface area contributed by atoms with Crippen LogP contribution in [0.2, 0.25) is 0 Å². The number of amides is 1. The van der Waals surface area contributed by atoms with Gasteiger partial charge in [0.15, 0.2) is 0 Å². The number of hydrogen-bond donors (Lipinski definition) is 1. The molecule has 0 saturated carbocycles. The molecule has 1 amide bonds. The van der Waals surface area contributed by atoms with E-state index in [0.717, 1.165) is 22.6 Å². The van der Waals surface area contributed by atoms with E-state index in [4.69, 9.17) is 9.47 Å². The molecule has 4 rings (SSSR count). The maximum Gasteiger partial charge on any atom is 0.225 e. The van der Waals surface area contributed by atoms with Gasteiger partial charge in [-0.25, -0.2) is 8.42 Å². The van der Waals surface area contributed by atoms with Crippen LogP contribution in [0.1, 0.15) is 36.1 Å². The van der Waals surface area contributed by atoms with Crippen LogP contribution in [0.5, 0.6) is 11.5 Å². The van der Waals surface area contributed by atoms with E-state index >= 15 is 0 Å². The largest absolute Gasteiger partial charge is 0.497 e. The van der Waals surface area contributed by atoms with Gasteiger partial charge in [-0.3, -0.25) is 4.79 Å².